The van der Waals surface area contributed by atoms with Crippen molar-refractivity contribution in [2.45, 2.75) is 38.2 Å². The Labute approximate surface area is 246 Å². The van der Waals surface area contributed by atoms with Gasteiger partial charge in [0.2, 0.25) is 0 Å². The number of fused-ring (bicyclic) bond motifs is 2. The molecule has 0 amide bonds. The van der Waals surface area contributed by atoms with Gasteiger partial charge in [-0.1, -0.05) is 48.0 Å². The molecular formula is C33H26ClFN2O5. The molecule has 1 saturated heterocycles. The Morgan fingerprint density at radius 3 is 2.62 bits per heavy atom. The van der Waals surface area contributed by atoms with Crippen molar-refractivity contribution in [2.75, 3.05) is 6.61 Å². The van der Waals surface area contributed by atoms with E-state index in [0.29, 0.717) is 29.5 Å². The van der Waals surface area contributed by atoms with Gasteiger partial charge in [0.1, 0.15) is 11.6 Å². The van der Waals surface area contributed by atoms with Gasteiger partial charge in [0, 0.05) is 30.5 Å². The molecule has 1 N–H and O–H groups in total. The molecule has 0 saturated carbocycles. The molecule has 2 aliphatic rings. The zero-order chi connectivity index (χ0) is 29.0. The van der Waals surface area contributed by atoms with Gasteiger partial charge in [0.25, 0.3) is 5.79 Å². The molecule has 5 aromatic rings. The smallest absolute Gasteiger partial charge is 0.335 e. The van der Waals surface area contributed by atoms with Gasteiger partial charge in [-0.3, -0.25) is 0 Å². The van der Waals surface area contributed by atoms with Crippen molar-refractivity contribution in [2.24, 2.45) is 0 Å². The summed E-state index contributed by atoms with van der Waals surface area (Å²) in [6, 6.07) is 23.2. The topological polar surface area (TPSA) is 82.8 Å². The van der Waals surface area contributed by atoms with Crippen LogP contribution < -0.4 is 9.47 Å². The van der Waals surface area contributed by atoms with Gasteiger partial charge in [-0.2, -0.15) is 0 Å². The standard InChI is InChI=1S/C33H26ClFN2O5/c1-33(25-11-10-22(34)17-26(25)35)41-29-4-2-3-24(31(29)42-33)20-7-5-19(6-8-20)15-30-36-27-12-9-21(32(38)39)16-28(27)37(30)18-23-13-14-40-23/h2-12,16-17,23H,13-15,18H2,1H3,(H,38,39)/t23-,33?/m0/s1. The summed E-state index contributed by atoms with van der Waals surface area (Å²) in [7, 11) is 0. The van der Waals surface area contributed by atoms with Crippen LogP contribution in [-0.4, -0.2) is 33.3 Å². The number of rotatable bonds is 7. The van der Waals surface area contributed by atoms with E-state index in [1.165, 1.54) is 6.07 Å². The zero-order valence-electron chi connectivity index (χ0n) is 22.6. The molecule has 7 rings (SSSR count). The second-order valence-corrected chi connectivity index (χ2v) is 11.1. The maximum Gasteiger partial charge on any atom is 0.335 e. The van der Waals surface area contributed by atoms with E-state index in [1.54, 1.807) is 43.3 Å². The van der Waals surface area contributed by atoms with Crippen LogP contribution in [0.15, 0.2) is 78.9 Å². The van der Waals surface area contributed by atoms with E-state index in [9.17, 15) is 14.3 Å². The van der Waals surface area contributed by atoms with E-state index in [4.69, 9.17) is 30.8 Å². The molecule has 9 heteroatoms. The van der Waals surface area contributed by atoms with Crippen molar-refractivity contribution >= 4 is 28.6 Å². The van der Waals surface area contributed by atoms with Gasteiger partial charge >= 0.3 is 5.97 Å². The second kappa shape index (κ2) is 10.2. The normalized spacial score (nSPS) is 19.2. The summed E-state index contributed by atoms with van der Waals surface area (Å²) in [5.41, 5.74) is 4.81. The molecule has 2 aliphatic heterocycles. The lowest BCUT2D eigenvalue weighted by molar-refractivity contribution is -0.0705. The number of hydrogen-bond donors (Lipinski definition) is 1. The van der Waals surface area contributed by atoms with Gasteiger partial charge in [-0.25, -0.2) is 14.2 Å². The number of aromatic carboxylic acids is 1. The summed E-state index contributed by atoms with van der Waals surface area (Å²) in [4.78, 5) is 16.4. The molecule has 0 bridgehead atoms. The zero-order valence-corrected chi connectivity index (χ0v) is 23.4. The Balaban J connectivity index is 1.17. The molecule has 4 aromatic carbocycles. The van der Waals surface area contributed by atoms with Gasteiger partial charge in [0.05, 0.1) is 34.8 Å². The lowest BCUT2D eigenvalue weighted by Gasteiger charge is -2.27. The molecule has 1 aromatic heterocycles. The van der Waals surface area contributed by atoms with Crippen LogP contribution in [0.25, 0.3) is 22.2 Å². The Bertz CT molecular complexity index is 1850. The van der Waals surface area contributed by atoms with Crippen molar-refractivity contribution in [3.63, 3.8) is 0 Å². The van der Waals surface area contributed by atoms with E-state index in [1.807, 2.05) is 36.4 Å². The van der Waals surface area contributed by atoms with Gasteiger partial charge < -0.3 is 23.9 Å². The number of carboxylic acids is 1. The third-order valence-electron chi connectivity index (χ3n) is 7.88. The quantitative estimate of drug-likeness (QED) is 0.217. The minimum atomic E-state index is -1.34. The fourth-order valence-corrected chi connectivity index (χ4v) is 5.74. The number of aromatic nitrogens is 2. The summed E-state index contributed by atoms with van der Waals surface area (Å²) < 4.78 is 34.9. The maximum absolute atomic E-state index is 14.8. The van der Waals surface area contributed by atoms with Crippen LogP contribution in [0.3, 0.4) is 0 Å². The van der Waals surface area contributed by atoms with Gasteiger partial charge in [-0.05, 0) is 60.0 Å². The third kappa shape index (κ3) is 4.66. The third-order valence-corrected chi connectivity index (χ3v) is 8.12. The highest BCUT2D eigenvalue weighted by Gasteiger charge is 2.42. The van der Waals surface area contributed by atoms with E-state index < -0.39 is 17.6 Å². The Kier molecular flexibility index (Phi) is 6.40. The average molecular weight is 585 g/mol. The molecule has 3 heterocycles. The molecular weight excluding hydrogens is 559 g/mol. The number of imidazole rings is 1. The average Bonchev–Trinajstić information content (AvgIpc) is 3.47. The second-order valence-electron chi connectivity index (χ2n) is 10.7. The van der Waals surface area contributed by atoms with Crippen LogP contribution >= 0.6 is 11.6 Å². The molecule has 212 valence electrons. The minimum absolute atomic E-state index is 0.0893. The predicted molar refractivity (Wildman–Crippen MR) is 156 cm³/mol. The molecule has 0 aliphatic carbocycles. The Morgan fingerprint density at radius 1 is 1.10 bits per heavy atom. The molecule has 42 heavy (non-hydrogen) atoms. The van der Waals surface area contributed by atoms with Crippen molar-refractivity contribution < 1.29 is 28.5 Å². The highest BCUT2D eigenvalue weighted by Crippen LogP contribution is 2.49. The lowest BCUT2D eigenvalue weighted by atomic mass is 10.0. The van der Waals surface area contributed by atoms with E-state index >= 15 is 0 Å². The SMILES string of the molecule is CC1(c2ccc(Cl)cc2F)Oc2cccc(-c3ccc(Cc4nc5ccc(C(=O)O)cc5n4C[C@@H]4CCO4)cc3)c2O1. The van der Waals surface area contributed by atoms with Crippen molar-refractivity contribution in [1.29, 1.82) is 0 Å². The highest BCUT2D eigenvalue weighted by atomic mass is 35.5. The fraction of sp³-hybridized carbons (Fsp3) is 0.212. The van der Waals surface area contributed by atoms with Crippen LogP contribution in [0.1, 0.15) is 40.7 Å². The number of para-hydroxylation sites is 1. The fourth-order valence-electron chi connectivity index (χ4n) is 5.58. The van der Waals surface area contributed by atoms with Crippen LogP contribution in [0.2, 0.25) is 5.02 Å². The molecule has 0 radical (unpaired) electrons. The van der Waals surface area contributed by atoms with E-state index in [2.05, 4.69) is 4.57 Å². The van der Waals surface area contributed by atoms with Gasteiger partial charge in [0.15, 0.2) is 11.5 Å². The predicted octanol–water partition coefficient (Wildman–Crippen LogP) is 7.22. The molecule has 2 atom stereocenters. The number of carboxylic acid groups (broad SMARTS) is 1. The van der Waals surface area contributed by atoms with E-state index in [-0.39, 0.29) is 17.2 Å². The molecule has 1 unspecified atom stereocenters. The van der Waals surface area contributed by atoms with Crippen molar-refractivity contribution in [3.05, 3.63) is 112 Å². The summed E-state index contributed by atoms with van der Waals surface area (Å²) in [6.07, 6.45) is 1.61. The summed E-state index contributed by atoms with van der Waals surface area (Å²) in [5.74, 6) is -0.898. The Morgan fingerprint density at radius 2 is 1.90 bits per heavy atom. The number of hydrogen-bond acceptors (Lipinski definition) is 5. The summed E-state index contributed by atoms with van der Waals surface area (Å²) in [6.45, 7) is 3.04. The number of halogens is 2. The van der Waals surface area contributed by atoms with E-state index in [0.717, 1.165) is 46.6 Å². The highest BCUT2D eigenvalue weighted by molar-refractivity contribution is 6.30. The lowest BCUT2D eigenvalue weighted by Crippen LogP contribution is -2.32. The first-order valence-electron chi connectivity index (χ1n) is 13.7. The minimum Gasteiger partial charge on any atom is -0.478 e. The van der Waals surface area contributed by atoms with Crippen LogP contribution in [0.4, 0.5) is 4.39 Å². The first-order chi connectivity index (χ1) is 20.3. The molecule has 0 spiro atoms. The number of benzene rings is 4. The first kappa shape index (κ1) is 26.5. The van der Waals surface area contributed by atoms with Crippen molar-refractivity contribution in [1.82, 2.24) is 9.55 Å². The van der Waals surface area contributed by atoms with Gasteiger partial charge in [-0.15, -0.1) is 0 Å². The Hall–Kier alpha value is -4.40. The van der Waals surface area contributed by atoms with Crippen molar-refractivity contribution in [3.8, 4) is 22.6 Å². The van der Waals surface area contributed by atoms with Crippen LogP contribution in [0.5, 0.6) is 11.5 Å². The maximum atomic E-state index is 14.8. The molecule has 1 fully saturated rings. The van der Waals surface area contributed by atoms with Crippen LogP contribution in [0, 0.1) is 5.82 Å². The number of nitrogens with zero attached hydrogens (tertiary/aromatic N) is 2. The first-order valence-corrected chi connectivity index (χ1v) is 14.1. The number of carbonyl (C=O) groups is 1. The summed E-state index contributed by atoms with van der Waals surface area (Å²) in [5, 5.41) is 9.81. The largest absolute Gasteiger partial charge is 0.478 e. The summed E-state index contributed by atoms with van der Waals surface area (Å²) >= 11 is 5.95. The monoisotopic (exact) mass is 584 g/mol. The molecule has 7 nitrogen and oxygen atoms in total. The number of ether oxygens (including phenoxy) is 3. The van der Waals surface area contributed by atoms with Crippen LogP contribution in [-0.2, 0) is 23.5 Å².